The molecule has 0 radical (unpaired) electrons. The summed E-state index contributed by atoms with van der Waals surface area (Å²) in [4.78, 5) is 2.99. The van der Waals surface area contributed by atoms with Crippen molar-refractivity contribution in [2.45, 2.75) is 0 Å². The number of pyridine rings is 1. The Labute approximate surface area is 81.0 Å². The lowest BCUT2D eigenvalue weighted by atomic mass is 10.4. The zero-order valence-corrected chi connectivity index (χ0v) is 8.08. The average molecular weight is 195 g/mol. The largest absolute Gasteiger partial charge is 0.377 e. The summed E-state index contributed by atoms with van der Waals surface area (Å²) in [5, 5.41) is 7.99. The Bertz CT molecular complexity index is 307. The summed E-state index contributed by atoms with van der Waals surface area (Å²) in [6, 6.07) is 5.71. The van der Waals surface area contributed by atoms with Gasteiger partial charge in [0.1, 0.15) is 6.21 Å². The molecule has 1 rings (SSSR count). The molecule has 0 aliphatic carbocycles. The van der Waals surface area contributed by atoms with Gasteiger partial charge in [0.25, 0.3) is 0 Å². The van der Waals surface area contributed by atoms with E-state index < -0.39 is 0 Å². The molecule has 13 heavy (non-hydrogen) atoms. The van der Waals surface area contributed by atoms with E-state index in [9.17, 15) is 0 Å². The number of hydrogen-bond acceptors (Lipinski definition) is 3. The van der Waals surface area contributed by atoms with Crippen molar-refractivity contribution in [1.82, 2.24) is 0 Å². The monoisotopic (exact) mass is 195 g/mol. The van der Waals surface area contributed by atoms with Crippen LogP contribution in [0.3, 0.4) is 0 Å². The van der Waals surface area contributed by atoms with Gasteiger partial charge in [-0.25, -0.2) is 4.98 Å². The molecule has 0 bridgehead atoms. The molecular weight excluding hydrogens is 184 g/mol. The maximum atomic E-state index is 5.43. The van der Waals surface area contributed by atoms with Crippen LogP contribution in [0.4, 0.5) is 0 Å². The number of rotatable bonds is 2. The fourth-order valence-corrected chi connectivity index (χ4v) is 0.805. The molecule has 1 aromatic rings. The van der Waals surface area contributed by atoms with Crippen LogP contribution in [-0.4, -0.2) is 17.6 Å². The van der Waals surface area contributed by atoms with Crippen molar-refractivity contribution in [3.8, 4) is 0 Å². The van der Waals surface area contributed by atoms with Gasteiger partial charge in [-0.2, -0.15) is 0 Å². The summed E-state index contributed by atoms with van der Waals surface area (Å²) in [6.45, 7) is 0. The van der Waals surface area contributed by atoms with Crippen molar-refractivity contribution in [3.63, 3.8) is 0 Å². The smallest absolute Gasteiger partial charge is 0.223 e. The second-order valence-electron chi connectivity index (χ2n) is 2.20. The maximum Gasteiger partial charge on any atom is 0.223 e. The summed E-state index contributed by atoms with van der Waals surface area (Å²) in [5.74, 6) is 0. The summed E-state index contributed by atoms with van der Waals surface area (Å²) in [7, 11) is 0. The zero-order valence-electron chi connectivity index (χ0n) is 7.27. The number of amidine groups is 1. The highest BCUT2D eigenvalue weighted by Gasteiger charge is 1.91. The van der Waals surface area contributed by atoms with Gasteiger partial charge < -0.3 is 5.73 Å². The first-order valence-electron chi connectivity index (χ1n) is 3.70. The molecule has 4 nitrogen and oxygen atoms in total. The number of thioether (sulfide) groups is 1. The molecular formula is C8H11N4S+. The first-order chi connectivity index (χ1) is 6.33. The first-order valence-corrected chi connectivity index (χ1v) is 4.92. The second-order valence-corrected chi connectivity index (χ2v) is 3.03. The van der Waals surface area contributed by atoms with E-state index >= 15 is 0 Å². The molecule has 0 amide bonds. The Hall–Kier alpha value is -1.36. The number of hydrogen-bond donors (Lipinski definition) is 1. The highest BCUT2D eigenvalue weighted by Crippen LogP contribution is 1.91. The van der Waals surface area contributed by atoms with Gasteiger partial charge in [0.2, 0.25) is 5.69 Å². The normalized spacial score (nSPS) is 12.2. The van der Waals surface area contributed by atoms with Crippen LogP contribution in [0.1, 0.15) is 5.69 Å². The van der Waals surface area contributed by atoms with Gasteiger partial charge in [-0.15, -0.1) is 10.2 Å². The third-order valence-electron chi connectivity index (χ3n) is 1.30. The number of nitrogens with zero attached hydrogens (tertiary/aromatic N) is 2. The molecule has 68 valence electrons. The van der Waals surface area contributed by atoms with Gasteiger partial charge >= 0.3 is 0 Å². The van der Waals surface area contributed by atoms with Gasteiger partial charge in [-0.1, -0.05) is 11.8 Å². The minimum atomic E-state index is 0.451. The molecule has 0 aliphatic rings. The Morgan fingerprint density at radius 2 is 2.46 bits per heavy atom. The summed E-state index contributed by atoms with van der Waals surface area (Å²) in [6.07, 6.45) is 5.29. The standard InChI is InChI=1S/C8H10N4S/c1-13-8(9)12-11-6-7-4-2-3-5-10-7/h2-6H,1H3,(H2,9,12)/p+1. The Morgan fingerprint density at radius 3 is 3.08 bits per heavy atom. The topological polar surface area (TPSA) is 64.9 Å². The number of aromatic nitrogens is 1. The van der Waals surface area contributed by atoms with Crippen LogP contribution in [-0.2, 0) is 0 Å². The molecule has 0 spiro atoms. The van der Waals surface area contributed by atoms with E-state index in [0.717, 1.165) is 5.69 Å². The molecule has 0 unspecified atom stereocenters. The maximum absolute atomic E-state index is 5.43. The number of H-pyrrole nitrogens is 1. The van der Waals surface area contributed by atoms with E-state index in [2.05, 4.69) is 15.2 Å². The van der Waals surface area contributed by atoms with E-state index in [-0.39, 0.29) is 0 Å². The third-order valence-corrected chi connectivity index (χ3v) is 1.80. The first kappa shape index (κ1) is 9.73. The molecule has 0 atom stereocenters. The van der Waals surface area contributed by atoms with Gasteiger partial charge in [0, 0.05) is 12.1 Å². The minimum absolute atomic E-state index is 0.451. The highest BCUT2D eigenvalue weighted by molar-refractivity contribution is 8.13. The van der Waals surface area contributed by atoms with Crippen LogP contribution < -0.4 is 10.7 Å². The Balaban J connectivity index is 2.60. The molecule has 5 heteroatoms. The van der Waals surface area contributed by atoms with E-state index in [1.807, 2.05) is 30.7 Å². The van der Waals surface area contributed by atoms with E-state index in [4.69, 9.17) is 5.73 Å². The van der Waals surface area contributed by atoms with Crippen molar-refractivity contribution in [3.05, 3.63) is 30.1 Å². The Morgan fingerprint density at radius 1 is 1.62 bits per heavy atom. The molecule has 3 N–H and O–H groups in total. The fraction of sp³-hybridized carbons (Fsp3) is 0.125. The highest BCUT2D eigenvalue weighted by atomic mass is 32.2. The second kappa shape index (κ2) is 5.31. The van der Waals surface area contributed by atoms with Crippen LogP contribution >= 0.6 is 11.8 Å². The third kappa shape index (κ3) is 3.71. The SMILES string of the molecule is CSC(N)=NN=Cc1cccc[nH+]1. The fourth-order valence-electron chi connectivity index (χ4n) is 0.676. The minimum Gasteiger partial charge on any atom is -0.377 e. The van der Waals surface area contributed by atoms with Crippen LogP contribution in [0.15, 0.2) is 34.6 Å². The summed E-state index contributed by atoms with van der Waals surface area (Å²) < 4.78 is 0. The van der Waals surface area contributed by atoms with Crippen molar-refractivity contribution >= 4 is 23.1 Å². The molecule has 0 saturated carbocycles. The van der Waals surface area contributed by atoms with Crippen molar-refractivity contribution < 1.29 is 4.98 Å². The van der Waals surface area contributed by atoms with Gasteiger partial charge in [-0.3, -0.25) is 0 Å². The van der Waals surface area contributed by atoms with Crippen LogP contribution in [0.2, 0.25) is 0 Å². The Kier molecular flexibility index (Phi) is 3.98. The molecule has 1 aromatic heterocycles. The lowest BCUT2D eigenvalue weighted by molar-refractivity contribution is -0.379. The number of aromatic amines is 1. The summed E-state index contributed by atoms with van der Waals surface area (Å²) in [5.41, 5.74) is 6.32. The van der Waals surface area contributed by atoms with Gasteiger partial charge in [-0.05, 0) is 12.3 Å². The van der Waals surface area contributed by atoms with Crippen molar-refractivity contribution in [2.75, 3.05) is 6.26 Å². The van der Waals surface area contributed by atoms with Gasteiger partial charge in [0.05, 0.1) is 0 Å². The lowest BCUT2D eigenvalue weighted by Crippen LogP contribution is -2.08. The van der Waals surface area contributed by atoms with Crippen LogP contribution in [0.25, 0.3) is 0 Å². The molecule has 1 heterocycles. The predicted octanol–water partition coefficient (Wildman–Crippen LogP) is 0.512. The zero-order chi connectivity index (χ0) is 9.52. The number of nitrogens with two attached hydrogens (primary N) is 1. The lowest BCUT2D eigenvalue weighted by Gasteiger charge is -1.86. The molecule has 0 aliphatic heterocycles. The quantitative estimate of drug-likeness (QED) is 0.424. The van der Waals surface area contributed by atoms with E-state index in [1.54, 1.807) is 6.21 Å². The molecule has 0 fully saturated rings. The van der Waals surface area contributed by atoms with E-state index in [1.165, 1.54) is 11.8 Å². The average Bonchev–Trinajstić information content (AvgIpc) is 2.19. The molecule has 0 saturated heterocycles. The predicted molar refractivity (Wildman–Crippen MR) is 55.7 cm³/mol. The number of nitrogens with one attached hydrogen (secondary N) is 1. The van der Waals surface area contributed by atoms with Crippen LogP contribution in [0, 0.1) is 0 Å². The van der Waals surface area contributed by atoms with E-state index in [0.29, 0.717) is 5.17 Å². The molecule has 0 aromatic carbocycles. The van der Waals surface area contributed by atoms with Crippen molar-refractivity contribution in [2.24, 2.45) is 15.9 Å². The van der Waals surface area contributed by atoms with Gasteiger partial charge in [0.15, 0.2) is 11.4 Å². The van der Waals surface area contributed by atoms with Crippen LogP contribution in [0.5, 0.6) is 0 Å². The van der Waals surface area contributed by atoms with Crippen molar-refractivity contribution in [1.29, 1.82) is 0 Å². The summed E-state index contributed by atoms with van der Waals surface area (Å²) >= 11 is 1.36.